The first-order valence-electron chi connectivity index (χ1n) is 9.37. The van der Waals surface area contributed by atoms with Gasteiger partial charge in [0.1, 0.15) is 12.1 Å². The molecule has 3 aromatic rings. The van der Waals surface area contributed by atoms with Crippen LogP contribution >= 0.6 is 0 Å². The van der Waals surface area contributed by atoms with Crippen molar-refractivity contribution in [2.45, 2.75) is 37.8 Å². The van der Waals surface area contributed by atoms with Crippen LogP contribution in [0.4, 0.5) is 10.5 Å². The van der Waals surface area contributed by atoms with E-state index in [0.29, 0.717) is 5.69 Å². The van der Waals surface area contributed by atoms with Crippen LogP contribution in [0.3, 0.4) is 0 Å². The highest BCUT2D eigenvalue weighted by atomic mass is 16.2. The van der Waals surface area contributed by atoms with Crippen molar-refractivity contribution in [1.29, 1.82) is 0 Å². The first kappa shape index (κ1) is 16.3. The van der Waals surface area contributed by atoms with Gasteiger partial charge in [-0.15, -0.1) is 0 Å². The number of hydrogen-bond acceptors (Lipinski definition) is 4. The van der Waals surface area contributed by atoms with Gasteiger partial charge in [0.15, 0.2) is 0 Å². The number of rotatable bonds is 3. The highest BCUT2D eigenvalue weighted by molar-refractivity contribution is 5.89. The molecule has 2 saturated carbocycles. The Balaban J connectivity index is 1.26. The normalized spacial score (nSPS) is 22.9. The van der Waals surface area contributed by atoms with Gasteiger partial charge in [-0.3, -0.25) is 4.57 Å². The summed E-state index contributed by atoms with van der Waals surface area (Å²) < 4.78 is 1.93. The zero-order valence-electron chi connectivity index (χ0n) is 14.9. The number of nitrogens with zero attached hydrogens (tertiary/aromatic N) is 3. The number of nitrogens with two attached hydrogens (primary N) is 1. The lowest BCUT2D eigenvalue weighted by molar-refractivity contribution is -0.0361. The smallest absolute Gasteiger partial charge is 0.319 e. The van der Waals surface area contributed by atoms with E-state index in [0.717, 1.165) is 36.1 Å². The number of fused-ring (bicyclic) bond motifs is 1. The minimum absolute atomic E-state index is 0.141. The van der Waals surface area contributed by atoms with Crippen molar-refractivity contribution in [3.05, 3.63) is 48.9 Å². The number of nitrogens with one attached hydrogen (secondary N) is 2. The molecule has 2 atom stereocenters. The number of pyridine rings is 1. The van der Waals surface area contributed by atoms with Crippen LogP contribution in [0.2, 0.25) is 0 Å². The number of anilines is 1. The van der Waals surface area contributed by atoms with Gasteiger partial charge in [0, 0.05) is 17.5 Å². The Morgan fingerprint density at radius 3 is 2.74 bits per heavy atom. The van der Waals surface area contributed by atoms with E-state index >= 15 is 0 Å². The van der Waals surface area contributed by atoms with Gasteiger partial charge in [-0.2, -0.15) is 0 Å². The summed E-state index contributed by atoms with van der Waals surface area (Å²) in [6, 6.07) is 11.8. The Morgan fingerprint density at radius 1 is 1.19 bits per heavy atom. The molecule has 0 saturated heterocycles. The van der Waals surface area contributed by atoms with Gasteiger partial charge in [-0.25, -0.2) is 14.8 Å². The quantitative estimate of drug-likeness (QED) is 0.667. The maximum absolute atomic E-state index is 12.3. The molecule has 7 nitrogen and oxygen atoms in total. The maximum atomic E-state index is 12.3. The summed E-state index contributed by atoms with van der Waals surface area (Å²) in [6.07, 6.45) is 7.72. The van der Waals surface area contributed by atoms with E-state index < -0.39 is 0 Å². The molecule has 138 valence electrons. The fourth-order valence-corrected chi connectivity index (χ4v) is 4.40. The van der Waals surface area contributed by atoms with Crippen molar-refractivity contribution in [3.63, 3.8) is 0 Å². The minimum Gasteiger partial charge on any atom is -0.334 e. The van der Waals surface area contributed by atoms with Gasteiger partial charge in [-0.05, 0) is 43.5 Å². The minimum atomic E-state index is -0.194. The molecule has 0 bridgehead atoms. The van der Waals surface area contributed by atoms with E-state index in [1.165, 1.54) is 6.42 Å². The van der Waals surface area contributed by atoms with Crippen molar-refractivity contribution in [3.8, 4) is 5.82 Å². The molecule has 2 unspecified atom stereocenters. The first-order chi connectivity index (χ1) is 13.2. The highest BCUT2D eigenvalue weighted by Crippen LogP contribution is 2.55. The van der Waals surface area contributed by atoms with E-state index in [1.807, 2.05) is 41.0 Å². The molecule has 5 rings (SSSR count). The average Bonchev–Trinajstić information content (AvgIpc) is 3.04. The van der Waals surface area contributed by atoms with Gasteiger partial charge in [-0.1, -0.05) is 18.6 Å². The second-order valence-electron chi connectivity index (χ2n) is 7.59. The van der Waals surface area contributed by atoms with Gasteiger partial charge in [0.25, 0.3) is 0 Å². The molecule has 0 aliphatic heterocycles. The van der Waals surface area contributed by atoms with Gasteiger partial charge in [0.2, 0.25) is 0 Å². The predicted octanol–water partition coefficient (Wildman–Crippen LogP) is 2.81. The topological polar surface area (TPSA) is 97.9 Å². The molecule has 2 amide bonds. The third-order valence-corrected chi connectivity index (χ3v) is 6.22. The summed E-state index contributed by atoms with van der Waals surface area (Å²) in [5.41, 5.74) is 8.87. The zero-order valence-corrected chi connectivity index (χ0v) is 14.9. The van der Waals surface area contributed by atoms with Crippen LogP contribution in [0, 0.1) is 5.41 Å². The number of aromatic nitrogens is 3. The van der Waals surface area contributed by atoms with E-state index in [9.17, 15) is 4.79 Å². The molecular formula is C20H22N6O. The van der Waals surface area contributed by atoms with Crippen LogP contribution in [0.25, 0.3) is 16.9 Å². The Hall–Kier alpha value is -2.93. The number of urea groups is 1. The number of benzene rings is 1. The van der Waals surface area contributed by atoms with E-state index in [4.69, 9.17) is 5.73 Å². The first-order valence-corrected chi connectivity index (χ1v) is 9.37. The Bertz CT molecular complexity index is 991. The molecular weight excluding hydrogens is 340 g/mol. The van der Waals surface area contributed by atoms with E-state index in [2.05, 4.69) is 20.6 Å². The van der Waals surface area contributed by atoms with Gasteiger partial charge in [0.05, 0.1) is 22.9 Å². The number of hydrogen-bond donors (Lipinski definition) is 3. The molecule has 2 aliphatic carbocycles. The lowest BCUT2D eigenvalue weighted by atomic mass is 9.50. The largest absolute Gasteiger partial charge is 0.334 e. The Morgan fingerprint density at radius 2 is 2.04 bits per heavy atom. The summed E-state index contributed by atoms with van der Waals surface area (Å²) >= 11 is 0. The molecule has 27 heavy (non-hydrogen) atoms. The number of imidazole rings is 1. The summed E-state index contributed by atoms with van der Waals surface area (Å²) in [6.45, 7) is 0. The monoisotopic (exact) mass is 362 g/mol. The van der Waals surface area contributed by atoms with Crippen molar-refractivity contribution in [2.75, 3.05) is 5.32 Å². The van der Waals surface area contributed by atoms with Crippen molar-refractivity contribution in [1.82, 2.24) is 19.9 Å². The molecule has 0 radical (unpaired) electrons. The molecule has 2 fully saturated rings. The molecule has 2 heterocycles. The van der Waals surface area contributed by atoms with E-state index in [-0.39, 0.29) is 23.5 Å². The maximum Gasteiger partial charge on any atom is 0.319 e. The fraction of sp³-hybridized carbons (Fsp3) is 0.350. The second-order valence-corrected chi connectivity index (χ2v) is 7.59. The average molecular weight is 362 g/mol. The molecule has 4 N–H and O–H groups in total. The van der Waals surface area contributed by atoms with Crippen molar-refractivity contribution >= 4 is 22.8 Å². The summed E-state index contributed by atoms with van der Waals surface area (Å²) in [4.78, 5) is 21.2. The summed E-state index contributed by atoms with van der Waals surface area (Å²) in [7, 11) is 0. The van der Waals surface area contributed by atoms with Crippen LogP contribution in [-0.2, 0) is 0 Å². The predicted molar refractivity (Wildman–Crippen MR) is 104 cm³/mol. The van der Waals surface area contributed by atoms with E-state index in [1.54, 1.807) is 12.5 Å². The van der Waals surface area contributed by atoms with Crippen molar-refractivity contribution < 1.29 is 4.79 Å². The van der Waals surface area contributed by atoms with Crippen LogP contribution in [-0.4, -0.2) is 32.6 Å². The fourth-order valence-electron chi connectivity index (χ4n) is 4.40. The molecule has 2 aliphatic rings. The molecule has 1 aromatic carbocycles. The third-order valence-electron chi connectivity index (χ3n) is 6.22. The molecule has 1 spiro atoms. The number of carbonyl (C=O) groups is 1. The lowest BCUT2D eigenvalue weighted by Crippen LogP contribution is -2.70. The van der Waals surface area contributed by atoms with Crippen molar-refractivity contribution in [2.24, 2.45) is 11.1 Å². The second kappa shape index (κ2) is 6.06. The van der Waals surface area contributed by atoms with Crippen LogP contribution in [0.5, 0.6) is 0 Å². The number of carbonyl (C=O) groups excluding carboxylic acids is 1. The van der Waals surface area contributed by atoms with Gasteiger partial charge < -0.3 is 16.4 Å². The summed E-state index contributed by atoms with van der Waals surface area (Å²) in [5, 5.41) is 5.95. The standard InChI is InChI=1S/C20H22N6O/c21-16-10-17(20(16)8-3-9-20)25-19(27)24-13-6-7-18(22-11-13)26-12-23-14-4-1-2-5-15(14)26/h1-2,4-7,11-12,16-17H,3,8-10,21H2,(H2,24,25,27). The SMILES string of the molecule is NC1CC(NC(=O)Nc2ccc(-n3cnc4ccccc43)nc2)C12CCC2. The zero-order chi connectivity index (χ0) is 18.4. The molecule has 7 heteroatoms. The van der Waals surface area contributed by atoms with Gasteiger partial charge >= 0.3 is 6.03 Å². The lowest BCUT2D eigenvalue weighted by Gasteiger charge is -2.60. The Labute approximate surface area is 157 Å². The number of para-hydroxylation sites is 2. The van der Waals surface area contributed by atoms with Crippen LogP contribution in [0.1, 0.15) is 25.7 Å². The highest BCUT2D eigenvalue weighted by Gasteiger charge is 2.57. The van der Waals surface area contributed by atoms with Crippen LogP contribution in [0.15, 0.2) is 48.9 Å². The third kappa shape index (κ3) is 2.57. The number of amides is 2. The Kier molecular flexibility index (Phi) is 3.65. The van der Waals surface area contributed by atoms with Crippen LogP contribution < -0.4 is 16.4 Å². The summed E-state index contributed by atoms with van der Waals surface area (Å²) in [5.74, 6) is 0.757. The molecule has 2 aromatic heterocycles.